The summed E-state index contributed by atoms with van der Waals surface area (Å²) < 4.78 is 0. The van der Waals surface area contributed by atoms with E-state index in [1.165, 1.54) is 151 Å². The first kappa shape index (κ1) is 33.5. The molecule has 0 radical (unpaired) electrons. The highest BCUT2D eigenvalue weighted by atomic mass is 15.1. The van der Waals surface area contributed by atoms with E-state index in [9.17, 15) is 0 Å². The topological polar surface area (TPSA) is 3.24 Å². The van der Waals surface area contributed by atoms with Gasteiger partial charge in [-0.2, -0.15) is 0 Å². The first-order valence-corrected chi connectivity index (χ1v) is 21.4. The Morgan fingerprint density at radius 1 is 0.491 bits per heavy atom. The van der Waals surface area contributed by atoms with Gasteiger partial charge in [0.25, 0.3) is 0 Å². The molecule has 5 aliphatic rings. The summed E-state index contributed by atoms with van der Waals surface area (Å²) in [5.74, 6) is 3.94. The van der Waals surface area contributed by atoms with Crippen LogP contribution in [0, 0.1) is 11.8 Å². The summed E-state index contributed by atoms with van der Waals surface area (Å²) in [7, 11) is 0. The van der Waals surface area contributed by atoms with Crippen LogP contribution in [0.5, 0.6) is 0 Å². The van der Waals surface area contributed by atoms with E-state index in [-0.39, 0.29) is 5.41 Å². The molecular formula is C52H57N. The van der Waals surface area contributed by atoms with E-state index in [0.29, 0.717) is 11.8 Å². The van der Waals surface area contributed by atoms with Crippen molar-refractivity contribution >= 4 is 17.1 Å². The smallest absolute Gasteiger partial charge is 0.0543 e. The third kappa shape index (κ3) is 5.98. The van der Waals surface area contributed by atoms with Crippen molar-refractivity contribution < 1.29 is 0 Å². The number of anilines is 3. The summed E-state index contributed by atoms with van der Waals surface area (Å²) in [4.78, 5) is 2.63. The van der Waals surface area contributed by atoms with E-state index in [1.807, 2.05) is 0 Å². The molecule has 0 aromatic heterocycles. The highest BCUT2D eigenvalue weighted by Crippen LogP contribution is 2.55. The summed E-state index contributed by atoms with van der Waals surface area (Å²) in [6.07, 6.45) is 19.2. The van der Waals surface area contributed by atoms with Gasteiger partial charge in [0.05, 0.1) is 5.69 Å². The quantitative estimate of drug-likeness (QED) is 0.164. The molecule has 1 heteroatoms. The number of hydrogen-bond donors (Lipinski definition) is 0. The molecule has 270 valence electrons. The molecule has 0 saturated heterocycles. The van der Waals surface area contributed by atoms with Crippen molar-refractivity contribution in [1.82, 2.24) is 0 Å². The Morgan fingerprint density at radius 2 is 1.19 bits per heavy atom. The first-order chi connectivity index (χ1) is 26.0. The van der Waals surface area contributed by atoms with Crippen LogP contribution in [-0.4, -0.2) is 0 Å². The average Bonchev–Trinajstić information content (AvgIpc) is 3.92. The van der Waals surface area contributed by atoms with Gasteiger partial charge in [0.1, 0.15) is 0 Å². The summed E-state index contributed by atoms with van der Waals surface area (Å²) in [5.41, 5.74) is 16.7. The van der Waals surface area contributed by atoms with E-state index in [0.717, 1.165) is 17.8 Å². The van der Waals surface area contributed by atoms with Gasteiger partial charge in [-0.1, -0.05) is 132 Å². The van der Waals surface area contributed by atoms with Gasteiger partial charge in [-0.05, 0) is 155 Å². The number of fused-ring (bicyclic) bond motifs is 5. The molecule has 0 heterocycles. The molecule has 3 atom stereocenters. The summed E-state index contributed by atoms with van der Waals surface area (Å²) in [6, 6.07) is 43.6. The maximum atomic E-state index is 2.63. The number of nitrogens with zero attached hydrogens (tertiary/aromatic N) is 1. The van der Waals surface area contributed by atoms with Gasteiger partial charge < -0.3 is 4.90 Å². The van der Waals surface area contributed by atoms with Crippen LogP contribution < -0.4 is 4.90 Å². The molecular weight excluding hydrogens is 639 g/mol. The van der Waals surface area contributed by atoms with Crippen molar-refractivity contribution in [2.75, 3.05) is 4.90 Å². The Labute approximate surface area is 318 Å². The molecule has 3 unspecified atom stereocenters. The number of rotatable bonds is 7. The third-order valence-electron chi connectivity index (χ3n) is 14.8. The Balaban J connectivity index is 1.14. The predicted octanol–water partition coefficient (Wildman–Crippen LogP) is 15.1. The minimum absolute atomic E-state index is 0.0781. The fraction of sp³-hybridized carbons (Fsp3) is 0.423. The Bertz CT molecular complexity index is 2090. The van der Waals surface area contributed by atoms with Crippen molar-refractivity contribution in [2.24, 2.45) is 11.8 Å². The second-order valence-corrected chi connectivity index (χ2v) is 18.2. The molecule has 1 nitrogen and oxygen atoms in total. The molecule has 5 aromatic carbocycles. The molecule has 5 aliphatic carbocycles. The molecule has 0 aliphatic heterocycles. The van der Waals surface area contributed by atoms with E-state index >= 15 is 0 Å². The van der Waals surface area contributed by atoms with Gasteiger partial charge in [-0.25, -0.2) is 0 Å². The van der Waals surface area contributed by atoms with Gasteiger partial charge in [-0.3, -0.25) is 0 Å². The van der Waals surface area contributed by atoms with Crippen LogP contribution in [0.4, 0.5) is 17.1 Å². The lowest BCUT2D eigenvalue weighted by atomic mass is 9.81. The molecule has 2 bridgehead atoms. The molecule has 5 aromatic rings. The molecule has 10 rings (SSSR count). The summed E-state index contributed by atoms with van der Waals surface area (Å²) in [5, 5.41) is 0. The van der Waals surface area contributed by atoms with Crippen LogP contribution >= 0.6 is 0 Å². The van der Waals surface area contributed by atoms with Crippen molar-refractivity contribution in [1.29, 1.82) is 0 Å². The van der Waals surface area contributed by atoms with E-state index in [4.69, 9.17) is 0 Å². The highest BCUT2D eigenvalue weighted by molar-refractivity contribution is 5.94. The molecule has 0 amide bonds. The van der Waals surface area contributed by atoms with Crippen LogP contribution in [-0.2, 0) is 5.41 Å². The lowest BCUT2D eigenvalue weighted by molar-refractivity contribution is 0.420. The molecule has 0 spiro atoms. The van der Waals surface area contributed by atoms with Crippen LogP contribution in [0.2, 0.25) is 0 Å². The maximum Gasteiger partial charge on any atom is 0.0543 e. The molecule has 53 heavy (non-hydrogen) atoms. The number of hydrogen-bond acceptors (Lipinski definition) is 1. The van der Waals surface area contributed by atoms with Gasteiger partial charge in [-0.15, -0.1) is 0 Å². The highest BCUT2D eigenvalue weighted by Gasteiger charge is 2.40. The molecule has 0 N–H and O–H groups in total. The fourth-order valence-corrected chi connectivity index (χ4v) is 11.8. The van der Waals surface area contributed by atoms with E-state index in [2.05, 4.69) is 128 Å². The SMILES string of the molecule is CC1(C)c2ccccc2-c2cc(-c3ccc(C4CCCCC4)cc3)c(N(c3ccc(C4CC5CCC4C5)cc3)c3cccc(C4CCCCC4)c3)cc21. The second kappa shape index (κ2) is 13.6. The van der Waals surface area contributed by atoms with Crippen LogP contribution in [0.1, 0.15) is 149 Å². The zero-order chi connectivity index (χ0) is 35.5. The minimum Gasteiger partial charge on any atom is -0.310 e. The standard InChI is InChI=1S/C52H57N/c1-52(2)49-19-10-9-18-45(49)48-33-47(40-24-22-38(23-25-40)36-12-5-3-6-13-36)51(34-50(48)52)53(44-17-11-16-41(32-44)37-14-7-4-8-15-37)43-28-26-39(27-29-43)46-31-35-20-21-42(46)30-35/h9-11,16-19,22-29,32-37,42,46H,3-8,12-15,20-21,30-31H2,1-2H3. The van der Waals surface area contributed by atoms with Gasteiger partial charge in [0, 0.05) is 22.4 Å². The van der Waals surface area contributed by atoms with Gasteiger partial charge in [0.2, 0.25) is 0 Å². The summed E-state index contributed by atoms with van der Waals surface area (Å²) >= 11 is 0. The average molecular weight is 696 g/mol. The van der Waals surface area contributed by atoms with Crippen molar-refractivity contribution in [2.45, 2.75) is 127 Å². The Kier molecular flexibility index (Phi) is 8.61. The lowest BCUT2D eigenvalue weighted by Gasteiger charge is -2.32. The largest absolute Gasteiger partial charge is 0.310 e. The van der Waals surface area contributed by atoms with Crippen LogP contribution in [0.25, 0.3) is 22.3 Å². The fourth-order valence-electron chi connectivity index (χ4n) is 11.8. The molecule has 4 fully saturated rings. The number of benzene rings is 5. The zero-order valence-corrected chi connectivity index (χ0v) is 32.1. The maximum absolute atomic E-state index is 2.63. The summed E-state index contributed by atoms with van der Waals surface area (Å²) in [6.45, 7) is 4.86. The van der Waals surface area contributed by atoms with Crippen LogP contribution in [0.15, 0.2) is 109 Å². The second-order valence-electron chi connectivity index (χ2n) is 18.2. The predicted molar refractivity (Wildman–Crippen MR) is 224 cm³/mol. The third-order valence-corrected chi connectivity index (χ3v) is 14.8. The first-order valence-electron chi connectivity index (χ1n) is 21.4. The van der Waals surface area contributed by atoms with Crippen LogP contribution in [0.3, 0.4) is 0 Å². The Morgan fingerprint density at radius 3 is 1.89 bits per heavy atom. The lowest BCUT2D eigenvalue weighted by Crippen LogP contribution is -2.17. The molecule has 4 saturated carbocycles. The van der Waals surface area contributed by atoms with Crippen molar-refractivity contribution in [3.63, 3.8) is 0 Å². The van der Waals surface area contributed by atoms with Gasteiger partial charge >= 0.3 is 0 Å². The van der Waals surface area contributed by atoms with Gasteiger partial charge in [0.15, 0.2) is 0 Å². The van der Waals surface area contributed by atoms with E-state index in [1.54, 1.807) is 5.56 Å². The Hall–Kier alpha value is -4.10. The van der Waals surface area contributed by atoms with Crippen molar-refractivity contribution in [3.8, 4) is 22.3 Å². The zero-order valence-electron chi connectivity index (χ0n) is 32.1. The normalized spacial score (nSPS) is 23.5. The van der Waals surface area contributed by atoms with E-state index < -0.39 is 0 Å². The monoisotopic (exact) mass is 695 g/mol. The minimum atomic E-state index is -0.0781. The van der Waals surface area contributed by atoms with Crippen molar-refractivity contribution in [3.05, 3.63) is 137 Å².